The molecule has 252 valence electrons. The molecule has 0 aliphatic carbocycles. The van der Waals surface area contributed by atoms with E-state index in [2.05, 4.69) is 4.57 Å². The number of imidazole rings is 1. The molecule has 3 aliphatic rings. The van der Waals surface area contributed by atoms with Crippen LogP contribution in [0, 0.1) is 0 Å². The lowest BCUT2D eigenvalue weighted by atomic mass is 10.1. The van der Waals surface area contributed by atoms with Crippen LogP contribution in [0.25, 0.3) is 11.0 Å². The summed E-state index contributed by atoms with van der Waals surface area (Å²) in [5.74, 6) is -2.74. The Morgan fingerprint density at radius 3 is 2.19 bits per heavy atom. The van der Waals surface area contributed by atoms with Crippen molar-refractivity contribution in [2.45, 2.75) is 63.9 Å². The van der Waals surface area contributed by atoms with E-state index in [1.165, 1.54) is 9.80 Å². The van der Waals surface area contributed by atoms with Crippen molar-refractivity contribution in [3.05, 3.63) is 59.4 Å². The molecule has 3 aliphatic heterocycles. The number of hydrogen-bond acceptors (Lipinski definition) is 9. The molecular weight excluding hydrogens is 629 g/mol. The maximum absolute atomic E-state index is 13.3. The molecule has 3 amide bonds. The van der Waals surface area contributed by atoms with Gasteiger partial charge < -0.3 is 34.5 Å². The zero-order valence-electron chi connectivity index (χ0n) is 25.3. The summed E-state index contributed by atoms with van der Waals surface area (Å²) < 4.78 is 47.7. The number of aliphatic hydroxyl groups excluding tert-OH is 2. The molecule has 3 aromatic rings. The Bertz CT molecular complexity index is 1640. The third-order valence-corrected chi connectivity index (χ3v) is 8.26. The van der Waals surface area contributed by atoms with Crippen LogP contribution in [-0.4, -0.2) is 99.1 Å². The second-order valence-electron chi connectivity index (χ2n) is 11.3. The number of nitrogens with zero attached hydrogens (tertiary/aromatic N) is 4. The minimum Gasteiger partial charge on any atom is -0.542 e. The number of carbonyl (C=O) groups excluding carboxylic acids is 4. The summed E-state index contributed by atoms with van der Waals surface area (Å²) >= 11 is 0. The molecule has 0 radical (unpaired) electrons. The first-order valence-corrected chi connectivity index (χ1v) is 15.0. The molecule has 47 heavy (non-hydrogen) atoms. The Morgan fingerprint density at radius 2 is 1.66 bits per heavy atom. The van der Waals surface area contributed by atoms with Crippen LogP contribution < -0.4 is 14.4 Å². The summed E-state index contributed by atoms with van der Waals surface area (Å²) in [6.45, 7) is 3.70. The van der Waals surface area contributed by atoms with Crippen molar-refractivity contribution in [1.29, 1.82) is 0 Å². The summed E-state index contributed by atoms with van der Waals surface area (Å²) in [6.07, 6.45) is -5.24. The first-order valence-electron chi connectivity index (χ1n) is 15.0. The maximum Gasteiger partial charge on any atom is 0.430 e. The predicted molar refractivity (Wildman–Crippen MR) is 153 cm³/mol. The number of aryl methyl sites for hydroxylation is 1. The molecule has 16 heteroatoms. The molecule has 13 nitrogen and oxygen atoms in total. The van der Waals surface area contributed by atoms with E-state index in [-0.39, 0.29) is 50.1 Å². The second kappa shape index (κ2) is 13.7. The quantitative estimate of drug-likeness (QED) is 0.253. The average molecular weight is 663 g/mol. The van der Waals surface area contributed by atoms with Crippen molar-refractivity contribution in [1.82, 2.24) is 14.4 Å². The van der Waals surface area contributed by atoms with E-state index >= 15 is 0 Å². The molecule has 2 aromatic carbocycles. The second-order valence-corrected chi connectivity index (χ2v) is 11.3. The van der Waals surface area contributed by atoms with E-state index in [1.54, 1.807) is 30.3 Å². The zero-order valence-corrected chi connectivity index (χ0v) is 25.3. The molecule has 4 heterocycles. The molecule has 6 rings (SSSR count). The summed E-state index contributed by atoms with van der Waals surface area (Å²) in [5, 5.41) is 28.4. The highest BCUT2D eigenvalue weighted by Crippen LogP contribution is 2.30. The van der Waals surface area contributed by atoms with Crippen molar-refractivity contribution >= 4 is 34.7 Å². The molecule has 0 spiro atoms. The van der Waals surface area contributed by atoms with Crippen molar-refractivity contribution in [3.8, 4) is 5.75 Å². The first kappa shape index (κ1) is 33.8. The first-order chi connectivity index (χ1) is 22.3. The SMILES string of the molecule is CC[n+]1c(CN2C(=O)c3ccccc3C2=O)n(C[C@@H]2CCCO2)c2cccc(OCC(=O)N3C[C@H](O)[C@@H](O)C3)c21.O=C([O-])C(F)(F)F. The molecule has 1 aromatic heterocycles. The lowest BCUT2D eigenvalue weighted by Gasteiger charge is -2.15. The molecule has 3 atom stereocenters. The summed E-state index contributed by atoms with van der Waals surface area (Å²) in [6, 6.07) is 12.5. The summed E-state index contributed by atoms with van der Waals surface area (Å²) in [4.78, 5) is 50.8. The molecular formula is C31H33F3N4O9. The van der Waals surface area contributed by atoms with E-state index in [1.807, 2.05) is 23.6 Å². The van der Waals surface area contributed by atoms with E-state index in [0.717, 1.165) is 29.7 Å². The van der Waals surface area contributed by atoms with Gasteiger partial charge in [-0.2, -0.15) is 13.2 Å². The largest absolute Gasteiger partial charge is 0.542 e. The normalized spacial score (nSPS) is 20.9. The number of halogens is 3. The van der Waals surface area contributed by atoms with Crippen LogP contribution in [0.1, 0.15) is 46.3 Å². The average Bonchev–Trinajstić information content (AvgIpc) is 3.80. The fraction of sp³-hybridized carbons (Fsp3) is 0.452. The minimum atomic E-state index is -5.19. The van der Waals surface area contributed by atoms with Crippen LogP contribution in [0.15, 0.2) is 42.5 Å². The highest BCUT2D eigenvalue weighted by atomic mass is 19.4. The molecule has 0 unspecified atom stereocenters. The zero-order chi connectivity index (χ0) is 34.0. The van der Waals surface area contributed by atoms with Gasteiger partial charge in [-0.3, -0.25) is 19.3 Å². The monoisotopic (exact) mass is 662 g/mol. The van der Waals surface area contributed by atoms with Gasteiger partial charge in [-0.1, -0.05) is 18.2 Å². The number of imide groups is 1. The lowest BCUT2D eigenvalue weighted by molar-refractivity contribution is -0.677. The van der Waals surface area contributed by atoms with E-state index in [0.29, 0.717) is 36.6 Å². The number of carboxylic acids is 1. The van der Waals surface area contributed by atoms with Crippen molar-refractivity contribution in [2.24, 2.45) is 0 Å². The number of aliphatic carboxylic acids is 1. The molecule has 2 saturated heterocycles. The number of amides is 3. The van der Waals surface area contributed by atoms with Crippen molar-refractivity contribution < 1.29 is 61.7 Å². The number of carboxylic acid groups (broad SMARTS) is 1. The number of hydrogen-bond donors (Lipinski definition) is 2. The Balaban J connectivity index is 0.000000559. The summed E-state index contributed by atoms with van der Waals surface area (Å²) in [7, 11) is 0. The van der Waals surface area contributed by atoms with E-state index in [9.17, 15) is 37.8 Å². The van der Waals surface area contributed by atoms with Crippen LogP contribution >= 0.6 is 0 Å². The van der Waals surface area contributed by atoms with Gasteiger partial charge in [0, 0.05) is 19.7 Å². The van der Waals surface area contributed by atoms with Crippen molar-refractivity contribution in [3.63, 3.8) is 0 Å². The standard InChI is InChI=1S/C29H33N4O7.C2HF3O2/c1-2-31-25(16-33-28(37)19-8-3-4-9-20(19)29(33)38)32(13-18-7-6-12-39-18)21-10-5-11-24(27(21)31)40-17-26(36)30-14-22(34)23(35)15-30;3-2(4,5)1(6)7/h3-5,8-11,18,22-23,34-35H,2,6-7,12-17H2,1H3;(H,6,7)/q+1;/p-1/t18-,22-,23-;/m0./s1. The topological polar surface area (TPSA) is 166 Å². The van der Waals surface area contributed by atoms with Crippen LogP contribution in [0.5, 0.6) is 5.75 Å². The maximum atomic E-state index is 13.3. The number of likely N-dealkylation sites (tertiary alicyclic amines) is 1. The molecule has 2 fully saturated rings. The number of rotatable bonds is 8. The molecule has 0 saturated carbocycles. The fourth-order valence-electron chi connectivity index (χ4n) is 5.97. The van der Waals surface area contributed by atoms with Crippen LogP contribution in [0.4, 0.5) is 13.2 Å². The number of ether oxygens (including phenoxy) is 2. The van der Waals surface area contributed by atoms with Gasteiger partial charge in [0.2, 0.25) is 5.52 Å². The fourth-order valence-corrected chi connectivity index (χ4v) is 5.97. The van der Waals surface area contributed by atoms with Gasteiger partial charge in [0.1, 0.15) is 19.1 Å². The Morgan fingerprint density at radius 1 is 1.04 bits per heavy atom. The van der Waals surface area contributed by atoms with Crippen LogP contribution in [0.2, 0.25) is 0 Å². The van der Waals surface area contributed by atoms with Crippen molar-refractivity contribution in [2.75, 3.05) is 26.3 Å². The third kappa shape index (κ3) is 6.94. The van der Waals surface area contributed by atoms with E-state index < -0.39 is 24.4 Å². The molecule has 0 bridgehead atoms. The third-order valence-electron chi connectivity index (χ3n) is 8.26. The number of aliphatic hydroxyl groups is 2. The van der Waals surface area contributed by atoms with Gasteiger partial charge in [-0.15, -0.1) is 0 Å². The van der Waals surface area contributed by atoms with Crippen LogP contribution in [-0.2, 0) is 34.0 Å². The predicted octanol–water partition coefficient (Wildman–Crippen LogP) is 0.165. The highest BCUT2D eigenvalue weighted by Gasteiger charge is 2.40. The van der Waals surface area contributed by atoms with Gasteiger partial charge in [-0.05, 0) is 44.0 Å². The highest BCUT2D eigenvalue weighted by molar-refractivity contribution is 6.21. The number of carbonyl (C=O) groups is 4. The van der Waals surface area contributed by atoms with Gasteiger partial charge >= 0.3 is 6.18 Å². The van der Waals surface area contributed by atoms with Gasteiger partial charge in [0.05, 0.1) is 36.0 Å². The molecule has 2 N–H and O–H groups in total. The number of para-hydroxylation sites is 1. The van der Waals surface area contributed by atoms with Gasteiger partial charge in [-0.25, -0.2) is 9.13 Å². The lowest BCUT2D eigenvalue weighted by Crippen LogP contribution is -2.42. The summed E-state index contributed by atoms with van der Waals surface area (Å²) in [5.41, 5.74) is 2.40. The number of β-amino-alcohol motifs (C(OH)–C–C–N with tert-alkyl or cyclic N) is 2. The number of benzene rings is 2. The Hall–Kier alpha value is -4.54. The smallest absolute Gasteiger partial charge is 0.430 e. The Kier molecular flexibility index (Phi) is 9.84. The number of alkyl halides is 3. The number of fused-ring (bicyclic) bond motifs is 2. The van der Waals surface area contributed by atoms with Gasteiger partial charge in [0.25, 0.3) is 23.5 Å². The minimum absolute atomic E-state index is 0.000934. The Labute approximate surface area is 266 Å². The van der Waals surface area contributed by atoms with Crippen LogP contribution in [0.3, 0.4) is 0 Å². The van der Waals surface area contributed by atoms with E-state index in [4.69, 9.17) is 19.4 Å². The van der Waals surface area contributed by atoms with Gasteiger partial charge in [0.15, 0.2) is 17.9 Å². The number of aromatic nitrogens is 2.